The molecule has 0 radical (unpaired) electrons. The first-order valence-electron chi connectivity index (χ1n) is 4.38. The van der Waals surface area contributed by atoms with Crippen LogP contribution in [-0.2, 0) is 0 Å². The van der Waals surface area contributed by atoms with Crippen molar-refractivity contribution in [3.8, 4) is 6.07 Å². The van der Waals surface area contributed by atoms with Gasteiger partial charge in [-0.05, 0) is 47.5 Å². The van der Waals surface area contributed by atoms with Crippen LogP contribution in [0.25, 0.3) is 0 Å². The fraction of sp³-hybridized carbons (Fsp3) is 0.200. The van der Waals surface area contributed by atoms with Gasteiger partial charge in [0, 0.05) is 0 Å². The largest absolute Gasteiger partial charge is 0.246 e. The maximum absolute atomic E-state index is 8.50. The Balaban J connectivity index is 0.000000318. The average molecular weight is 238 g/mol. The SMILES string of the molecule is Cc1ccc(C#N)cc1C.Cl.c1nnn[nH]1. The van der Waals surface area contributed by atoms with Crippen molar-refractivity contribution >= 4 is 12.4 Å². The van der Waals surface area contributed by atoms with Gasteiger partial charge in [0.25, 0.3) is 0 Å². The second-order valence-corrected chi connectivity index (χ2v) is 2.97. The zero-order chi connectivity index (χ0) is 11.1. The van der Waals surface area contributed by atoms with E-state index in [1.54, 1.807) is 0 Å². The van der Waals surface area contributed by atoms with Crippen molar-refractivity contribution < 1.29 is 0 Å². The minimum absolute atomic E-state index is 0. The number of aromatic nitrogens is 4. The fourth-order valence-electron chi connectivity index (χ4n) is 0.940. The lowest BCUT2D eigenvalue weighted by molar-refractivity contribution is 0.881. The molecule has 6 heteroatoms. The normalized spacial score (nSPS) is 8.06. The van der Waals surface area contributed by atoms with Crippen molar-refractivity contribution in [2.75, 3.05) is 0 Å². The Morgan fingerprint density at radius 3 is 2.38 bits per heavy atom. The summed E-state index contributed by atoms with van der Waals surface area (Å²) in [5.74, 6) is 0. The summed E-state index contributed by atoms with van der Waals surface area (Å²) in [6.07, 6.45) is 1.40. The average Bonchev–Trinajstić information content (AvgIpc) is 2.80. The number of benzene rings is 1. The van der Waals surface area contributed by atoms with Crippen LogP contribution in [0.5, 0.6) is 0 Å². The predicted octanol–water partition coefficient (Wildman–Crippen LogP) is 1.80. The van der Waals surface area contributed by atoms with Gasteiger partial charge >= 0.3 is 0 Å². The van der Waals surface area contributed by atoms with Crippen LogP contribution in [0.1, 0.15) is 16.7 Å². The molecule has 2 aromatic rings. The molecule has 0 saturated carbocycles. The number of nitrogens with one attached hydrogen (secondary N) is 1. The van der Waals surface area contributed by atoms with Gasteiger partial charge in [-0.25, -0.2) is 5.10 Å². The van der Waals surface area contributed by atoms with Crippen LogP contribution in [0.2, 0.25) is 0 Å². The minimum Gasteiger partial charge on any atom is -0.246 e. The van der Waals surface area contributed by atoms with Crippen LogP contribution >= 0.6 is 12.4 Å². The van der Waals surface area contributed by atoms with Crippen LogP contribution in [0.3, 0.4) is 0 Å². The molecule has 0 spiro atoms. The van der Waals surface area contributed by atoms with Crippen LogP contribution in [-0.4, -0.2) is 20.6 Å². The molecular weight excluding hydrogens is 226 g/mol. The van der Waals surface area contributed by atoms with Crippen molar-refractivity contribution in [1.29, 1.82) is 5.26 Å². The highest BCUT2D eigenvalue weighted by atomic mass is 35.5. The molecule has 0 fully saturated rings. The molecule has 2 rings (SSSR count). The Morgan fingerprint density at radius 1 is 1.25 bits per heavy atom. The number of nitriles is 1. The highest BCUT2D eigenvalue weighted by Crippen LogP contribution is 2.07. The van der Waals surface area contributed by atoms with E-state index >= 15 is 0 Å². The van der Waals surface area contributed by atoms with E-state index < -0.39 is 0 Å². The van der Waals surface area contributed by atoms with Crippen molar-refractivity contribution in [1.82, 2.24) is 20.6 Å². The summed E-state index contributed by atoms with van der Waals surface area (Å²) in [6.45, 7) is 4.05. The molecule has 16 heavy (non-hydrogen) atoms. The number of H-pyrrole nitrogens is 1. The molecule has 0 unspecified atom stereocenters. The van der Waals surface area contributed by atoms with Gasteiger partial charge in [0.2, 0.25) is 0 Å². The fourth-order valence-corrected chi connectivity index (χ4v) is 0.940. The van der Waals surface area contributed by atoms with Crippen LogP contribution in [0.15, 0.2) is 24.5 Å². The van der Waals surface area contributed by atoms with E-state index in [2.05, 4.69) is 26.7 Å². The summed E-state index contributed by atoms with van der Waals surface area (Å²) in [4.78, 5) is 0. The van der Waals surface area contributed by atoms with Gasteiger partial charge in [-0.3, -0.25) is 0 Å². The molecule has 1 N–H and O–H groups in total. The Bertz CT molecular complexity index is 430. The van der Waals surface area contributed by atoms with E-state index in [4.69, 9.17) is 5.26 Å². The first-order valence-corrected chi connectivity index (χ1v) is 4.38. The number of aromatic amines is 1. The van der Waals surface area contributed by atoms with Crippen molar-refractivity contribution in [2.45, 2.75) is 13.8 Å². The second-order valence-electron chi connectivity index (χ2n) is 2.97. The molecule has 84 valence electrons. The minimum atomic E-state index is 0. The topological polar surface area (TPSA) is 78.2 Å². The molecule has 0 saturated heterocycles. The number of halogens is 1. The number of hydrogen-bond donors (Lipinski definition) is 1. The van der Waals surface area contributed by atoms with Crippen LogP contribution in [0.4, 0.5) is 0 Å². The standard InChI is InChI=1S/C9H9N.CH2N4.ClH/c1-7-3-4-9(6-10)5-8(7)2;1-2-4-5-3-1;/h3-5H,1-2H3;1H,(H,2,3,4,5);1H. The first kappa shape index (κ1) is 14.1. The number of aryl methyl sites for hydroxylation is 2. The Morgan fingerprint density at radius 2 is 2.00 bits per heavy atom. The maximum atomic E-state index is 8.50. The Hall–Kier alpha value is -1.93. The summed E-state index contributed by atoms with van der Waals surface area (Å²) >= 11 is 0. The smallest absolute Gasteiger partial charge is 0.135 e. The molecule has 1 aromatic heterocycles. The van der Waals surface area contributed by atoms with Gasteiger partial charge in [0.15, 0.2) is 0 Å². The first-order chi connectivity index (χ1) is 7.24. The highest BCUT2D eigenvalue weighted by Gasteiger charge is 1.92. The molecule has 0 atom stereocenters. The van der Waals surface area contributed by atoms with Gasteiger partial charge in [-0.2, -0.15) is 5.26 Å². The van der Waals surface area contributed by atoms with E-state index in [-0.39, 0.29) is 12.4 Å². The van der Waals surface area contributed by atoms with Crippen LogP contribution in [0, 0.1) is 25.2 Å². The highest BCUT2D eigenvalue weighted by molar-refractivity contribution is 5.85. The van der Waals surface area contributed by atoms with E-state index in [9.17, 15) is 0 Å². The number of rotatable bonds is 0. The van der Waals surface area contributed by atoms with Gasteiger partial charge < -0.3 is 0 Å². The second kappa shape index (κ2) is 7.37. The molecule has 0 bridgehead atoms. The number of nitrogens with zero attached hydrogens (tertiary/aromatic N) is 4. The van der Waals surface area contributed by atoms with Crippen molar-refractivity contribution in [3.63, 3.8) is 0 Å². The molecule has 5 nitrogen and oxygen atoms in total. The predicted molar refractivity (Wildman–Crippen MR) is 62.1 cm³/mol. The molecular formula is C10H12ClN5. The van der Waals surface area contributed by atoms with E-state index in [1.807, 2.05) is 32.0 Å². The Kier molecular flexibility index (Phi) is 6.48. The third-order valence-corrected chi connectivity index (χ3v) is 1.91. The van der Waals surface area contributed by atoms with Gasteiger partial charge in [0.1, 0.15) is 6.33 Å². The third kappa shape index (κ3) is 4.53. The lowest BCUT2D eigenvalue weighted by Crippen LogP contribution is -1.81. The molecule has 0 amide bonds. The number of hydrogen-bond acceptors (Lipinski definition) is 4. The molecule has 0 aliphatic carbocycles. The molecule has 0 aliphatic rings. The van der Waals surface area contributed by atoms with E-state index in [1.165, 1.54) is 17.5 Å². The van der Waals surface area contributed by atoms with Gasteiger partial charge in [-0.1, -0.05) is 6.07 Å². The summed E-state index contributed by atoms with van der Waals surface area (Å²) in [6, 6.07) is 7.79. The van der Waals surface area contributed by atoms with E-state index in [0.717, 1.165) is 5.56 Å². The molecule has 1 heterocycles. The lowest BCUT2D eigenvalue weighted by Gasteiger charge is -1.96. The zero-order valence-corrected chi connectivity index (χ0v) is 9.82. The molecule has 1 aromatic carbocycles. The number of tetrazole rings is 1. The van der Waals surface area contributed by atoms with Crippen molar-refractivity contribution in [2.24, 2.45) is 0 Å². The summed E-state index contributed by atoms with van der Waals surface area (Å²) in [7, 11) is 0. The van der Waals surface area contributed by atoms with E-state index in [0.29, 0.717) is 0 Å². The third-order valence-electron chi connectivity index (χ3n) is 1.91. The summed E-state index contributed by atoms with van der Waals surface area (Å²) in [5.41, 5.74) is 3.15. The molecule has 0 aliphatic heterocycles. The summed E-state index contributed by atoms with van der Waals surface area (Å²) < 4.78 is 0. The Labute approximate surface area is 99.9 Å². The van der Waals surface area contributed by atoms with Gasteiger partial charge in [-0.15, -0.1) is 17.5 Å². The zero-order valence-electron chi connectivity index (χ0n) is 9.01. The quantitative estimate of drug-likeness (QED) is 0.758. The summed E-state index contributed by atoms with van der Waals surface area (Å²) in [5, 5.41) is 20.6. The van der Waals surface area contributed by atoms with Crippen LogP contribution < -0.4 is 0 Å². The van der Waals surface area contributed by atoms with Gasteiger partial charge in [0.05, 0.1) is 11.6 Å². The van der Waals surface area contributed by atoms with Crippen molar-refractivity contribution in [3.05, 3.63) is 41.2 Å². The lowest BCUT2D eigenvalue weighted by atomic mass is 10.1. The monoisotopic (exact) mass is 237 g/mol. The maximum Gasteiger partial charge on any atom is 0.135 e.